The fourth-order valence-electron chi connectivity index (χ4n) is 0.939. The van der Waals surface area contributed by atoms with Crippen molar-refractivity contribution in [3.63, 3.8) is 0 Å². The Labute approximate surface area is 88.3 Å². The van der Waals surface area contributed by atoms with Crippen molar-refractivity contribution in [2.45, 2.75) is 12.9 Å². The Kier molecular flexibility index (Phi) is 3.48. The summed E-state index contributed by atoms with van der Waals surface area (Å²) < 4.78 is 40.6. The molecule has 1 rings (SSSR count). The molecule has 1 heterocycles. The lowest BCUT2D eigenvalue weighted by Gasteiger charge is -2.08. The molecule has 0 fully saturated rings. The maximum absolute atomic E-state index is 11.7. The quantitative estimate of drug-likeness (QED) is 0.780. The molecule has 0 amide bonds. The van der Waals surface area contributed by atoms with Crippen molar-refractivity contribution in [1.29, 1.82) is 10.5 Å². The van der Waals surface area contributed by atoms with Crippen molar-refractivity contribution < 1.29 is 17.9 Å². The molecule has 0 spiro atoms. The SMILES string of the molecule is N#Cc1ncn(COCC(F)(F)F)c1C#N. The van der Waals surface area contributed by atoms with Crippen LogP contribution < -0.4 is 0 Å². The minimum absolute atomic E-state index is 0.121. The smallest absolute Gasteiger partial charge is 0.351 e. The lowest BCUT2D eigenvalue weighted by Crippen LogP contribution is -2.18. The zero-order valence-electron chi connectivity index (χ0n) is 7.82. The van der Waals surface area contributed by atoms with Crippen LogP contribution in [0.15, 0.2) is 6.33 Å². The molecule has 0 bridgehead atoms. The highest BCUT2D eigenvalue weighted by atomic mass is 19.4. The molecule has 5 nitrogen and oxygen atoms in total. The average molecular weight is 230 g/mol. The van der Waals surface area contributed by atoms with Crippen molar-refractivity contribution in [1.82, 2.24) is 9.55 Å². The van der Waals surface area contributed by atoms with E-state index in [0.29, 0.717) is 0 Å². The van der Waals surface area contributed by atoms with Crippen molar-refractivity contribution >= 4 is 0 Å². The van der Waals surface area contributed by atoms with Crippen LogP contribution in [0.2, 0.25) is 0 Å². The molecule has 0 aliphatic carbocycles. The van der Waals surface area contributed by atoms with E-state index < -0.39 is 19.5 Å². The van der Waals surface area contributed by atoms with Gasteiger partial charge in [-0.05, 0) is 0 Å². The summed E-state index contributed by atoms with van der Waals surface area (Å²) in [5.41, 5.74) is -0.261. The Bertz CT molecular complexity index is 451. The van der Waals surface area contributed by atoms with Crippen molar-refractivity contribution in [3.05, 3.63) is 17.7 Å². The van der Waals surface area contributed by atoms with Gasteiger partial charge in [0.2, 0.25) is 0 Å². The van der Waals surface area contributed by atoms with Gasteiger partial charge in [-0.25, -0.2) is 4.98 Å². The van der Waals surface area contributed by atoms with Gasteiger partial charge in [-0.1, -0.05) is 0 Å². The number of nitrogens with zero attached hydrogens (tertiary/aromatic N) is 4. The van der Waals surface area contributed by atoms with Gasteiger partial charge in [-0.2, -0.15) is 23.7 Å². The Morgan fingerprint density at radius 3 is 2.56 bits per heavy atom. The highest BCUT2D eigenvalue weighted by Crippen LogP contribution is 2.15. The summed E-state index contributed by atoms with van der Waals surface area (Å²) in [4.78, 5) is 3.54. The number of hydrogen-bond donors (Lipinski definition) is 0. The van der Waals surface area contributed by atoms with Gasteiger partial charge in [-0.15, -0.1) is 0 Å². The monoisotopic (exact) mass is 230 g/mol. The highest BCUT2D eigenvalue weighted by Gasteiger charge is 2.27. The second-order valence-corrected chi connectivity index (χ2v) is 2.73. The van der Waals surface area contributed by atoms with Crippen LogP contribution in [0.5, 0.6) is 0 Å². The summed E-state index contributed by atoms with van der Waals surface area (Å²) in [6.45, 7) is -1.89. The number of rotatable bonds is 3. The third-order valence-electron chi connectivity index (χ3n) is 1.55. The lowest BCUT2D eigenvalue weighted by molar-refractivity contribution is -0.181. The van der Waals surface area contributed by atoms with Gasteiger partial charge in [0.25, 0.3) is 0 Å². The molecule has 84 valence electrons. The molecule has 1 aromatic heterocycles. The van der Waals surface area contributed by atoms with Gasteiger partial charge in [0.05, 0.1) is 6.33 Å². The summed E-state index contributed by atoms with van der Waals surface area (Å²) in [7, 11) is 0. The fraction of sp³-hybridized carbons (Fsp3) is 0.375. The summed E-state index contributed by atoms with van der Waals surface area (Å²) in [6, 6.07) is 3.30. The molecule has 0 saturated heterocycles. The molecule has 0 saturated carbocycles. The van der Waals surface area contributed by atoms with E-state index in [1.165, 1.54) is 0 Å². The zero-order valence-corrected chi connectivity index (χ0v) is 7.82. The predicted molar refractivity (Wildman–Crippen MR) is 43.7 cm³/mol. The predicted octanol–water partition coefficient (Wildman–Crippen LogP) is 1.16. The first kappa shape index (κ1) is 12.0. The van der Waals surface area contributed by atoms with Crippen LogP contribution in [0.4, 0.5) is 13.2 Å². The van der Waals surface area contributed by atoms with Crippen molar-refractivity contribution in [2.24, 2.45) is 0 Å². The van der Waals surface area contributed by atoms with Crippen molar-refractivity contribution in [3.8, 4) is 12.1 Å². The van der Waals surface area contributed by atoms with Crippen LogP contribution in [-0.4, -0.2) is 22.3 Å². The first-order valence-corrected chi connectivity index (χ1v) is 3.97. The van der Waals surface area contributed by atoms with Crippen LogP contribution in [0, 0.1) is 22.7 Å². The van der Waals surface area contributed by atoms with Crippen LogP contribution in [0.25, 0.3) is 0 Å². The summed E-state index contributed by atoms with van der Waals surface area (Å²) in [5, 5.41) is 17.2. The second kappa shape index (κ2) is 4.64. The standard InChI is InChI=1S/C8H5F3N4O/c9-8(10,11)3-16-5-15-4-14-6(1-12)7(15)2-13/h4H,3,5H2. The second-order valence-electron chi connectivity index (χ2n) is 2.73. The summed E-state index contributed by atoms with van der Waals surface area (Å²) in [5.74, 6) is 0. The fourth-order valence-corrected chi connectivity index (χ4v) is 0.939. The van der Waals surface area contributed by atoms with Gasteiger partial charge >= 0.3 is 6.18 Å². The summed E-state index contributed by atoms with van der Waals surface area (Å²) in [6.07, 6.45) is -3.35. The number of aromatic nitrogens is 2. The molecule has 1 aromatic rings. The average Bonchev–Trinajstić information content (AvgIpc) is 2.58. The first-order valence-electron chi connectivity index (χ1n) is 3.97. The zero-order chi connectivity index (χ0) is 12.2. The molecule has 0 atom stereocenters. The number of halogens is 3. The minimum Gasteiger partial charge on any atom is -0.351 e. The maximum atomic E-state index is 11.7. The van der Waals surface area contributed by atoms with Crippen LogP contribution in [-0.2, 0) is 11.5 Å². The largest absolute Gasteiger partial charge is 0.411 e. The number of hydrogen-bond acceptors (Lipinski definition) is 4. The summed E-state index contributed by atoms with van der Waals surface area (Å²) >= 11 is 0. The Hall–Kier alpha value is -2.06. The van der Waals surface area contributed by atoms with Crippen LogP contribution in [0.1, 0.15) is 11.4 Å². The van der Waals surface area contributed by atoms with Crippen molar-refractivity contribution in [2.75, 3.05) is 6.61 Å². The maximum Gasteiger partial charge on any atom is 0.411 e. The molecule has 8 heteroatoms. The lowest BCUT2D eigenvalue weighted by atomic mass is 10.4. The highest BCUT2D eigenvalue weighted by molar-refractivity contribution is 5.35. The van der Waals surface area contributed by atoms with E-state index in [1.54, 1.807) is 12.1 Å². The van der Waals surface area contributed by atoms with Gasteiger partial charge in [0.1, 0.15) is 25.5 Å². The molecular formula is C8H5F3N4O. The van der Waals surface area contributed by atoms with Crippen LogP contribution in [0.3, 0.4) is 0 Å². The van der Waals surface area contributed by atoms with E-state index in [4.69, 9.17) is 10.5 Å². The van der Waals surface area contributed by atoms with Gasteiger partial charge in [-0.3, -0.25) is 4.57 Å². The molecular weight excluding hydrogens is 225 g/mol. The molecule has 0 aliphatic heterocycles. The third-order valence-corrected chi connectivity index (χ3v) is 1.55. The van der Waals surface area contributed by atoms with Crippen LogP contribution >= 0.6 is 0 Å². The van der Waals surface area contributed by atoms with E-state index >= 15 is 0 Å². The normalized spacial score (nSPS) is 10.8. The Morgan fingerprint density at radius 2 is 2.06 bits per heavy atom. The van der Waals surface area contributed by atoms with E-state index in [9.17, 15) is 13.2 Å². The molecule has 0 radical (unpaired) electrons. The number of alkyl halides is 3. The number of imidazole rings is 1. The van der Waals surface area contributed by atoms with Gasteiger partial charge in [0.15, 0.2) is 11.4 Å². The van der Waals surface area contributed by atoms with Gasteiger partial charge < -0.3 is 4.74 Å². The van der Waals surface area contributed by atoms with E-state index in [0.717, 1.165) is 10.9 Å². The third kappa shape index (κ3) is 2.97. The van der Waals surface area contributed by atoms with E-state index in [2.05, 4.69) is 9.72 Å². The number of nitriles is 2. The van der Waals surface area contributed by atoms with Gasteiger partial charge in [0, 0.05) is 0 Å². The first-order chi connectivity index (χ1) is 7.48. The minimum atomic E-state index is -4.43. The van der Waals surface area contributed by atoms with E-state index in [1.807, 2.05) is 0 Å². The van der Waals surface area contributed by atoms with E-state index in [-0.39, 0.29) is 11.4 Å². The molecule has 0 aromatic carbocycles. The molecule has 0 N–H and O–H groups in total. The molecule has 16 heavy (non-hydrogen) atoms. The molecule has 0 aliphatic rings. The Balaban J connectivity index is 2.66. The molecule has 0 unspecified atom stereocenters. The topological polar surface area (TPSA) is 74.6 Å². The number of ether oxygens (including phenoxy) is 1. The Morgan fingerprint density at radius 1 is 1.38 bits per heavy atom.